The van der Waals surface area contributed by atoms with Gasteiger partial charge in [0.25, 0.3) is 0 Å². The van der Waals surface area contributed by atoms with E-state index in [-0.39, 0.29) is 11.9 Å². The summed E-state index contributed by atoms with van der Waals surface area (Å²) < 4.78 is 1.99. The normalized spacial score (nSPS) is 17.6. The van der Waals surface area contributed by atoms with Crippen LogP contribution in [0.5, 0.6) is 0 Å². The fourth-order valence-electron chi connectivity index (χ4n) is 2.51. The molecule has 0 radical (unpaired) electrons. The summed E-state index contributed by atoms with van der Waals surface area (Å²) in [6, 6.07) is 3.94. The number of rotatable bonds is 3. The number of likely N-dealkylation sites (tertiary alicyclic amines) is 1. The smallest absolute Gasteiger partial charge is 0.246 e. The highest BCUT2D eigenvalue weighted by atomic mass is 16.2. The number of piperidine rings is 1. The van der Waals surface area contributed by atoms with Gasteiger partial charge in [-0.1, -0.05) is 0 Å². The maximum Gasteiger partial charge on any atom is 0.246 e. The Morgan fingerprint density at radius 1 is 1.17 bits per heavy atom. The van der Waals surface area contributed by atoms with Crippen LogP contribution < -0.4 is 5.43 Å². The number of hydrogen-bond donors (Lipinski definition) is 1. The minimum atomic E-state index is -0.173. The molecule has 1 fully saturated rings. The van der Waals surface area contributed by atoms with Crippen LogP contribution in [0.1, 0.15) is 37.6 Å². The minimum Gasteiger partial charge on any atom is -0.341 e. The summed E-state index contributed by atoms with van der Waals surface area (Å²) in [6.45, 7) is 7.84. The number of carbonyl (C=O) groups is 1. The molecule has 1 atom stereocenters. The van der Waals surface area contributed by atoms with Crippen LogP contribution in [0.25, 0.3) is 0 Å². The molecule has 1 unspecified atom stereocenters. The second-order valence-corrected chi connectivity index (χ2v) is 5.19. The van der Waals surface area contributed by atoms with Gasteiger partial charge in [0.1, 0.15) is 6.04 Å². The van der Waals surface area contributed by atoms with Crippen LogP contribution in [0.15, 0.2) is 12.1 Å². The summed E-state index contributed by atoms with van der Waals surface area (Å²) in [5, 5.41) is 0. The van der Waals surface area contributed by atoms with E-state index in [2.05, 4.69) is 17.6 Å². The van der Waals surface area contributed by atoms with Gasteiger partial charge in [-0.3, -0.25) is 9.47 Å². The van der Waals surface area contributed by atoms with Gasteiger partial charge in [-0.2, -0.15) is 0 Å². The zero-order valence-corrected chi connectivity index (χ0v) is 11.6. The van der Waals surface area contributed by atoms with Crippen molar-refractivity contribution >= 4 is 5.91 Å². The summed E-state index contributed by atoms with van der Waals surface area (Å²) in [5.41, 5.74) is 5.54. The number of nitrogens with zero attached hydrogens (tertiary/aromatic N) is 2. The summed E-state index contributed by atoms with van der Waals surface area (Å²) >= 11 is 0. The minimum absolute atomic E-state index is 0.173. The third-order valence-electron chi connectivity index (χ3n) is 3.63. The Labute approximate surface area is 109 Å². The van der Waals surface area contributed by atoms with E-state index in [1.165, 1.54) is 6.42 Å². The zero-order chi connectivity index (χ0) is 13.1. The van der Waals surface area contributed by atoms with Crippen molar-refractivity contribution in [1.29, 1.82) is 0 Å². The van der Waals surface area contributed by atoms with E-state index in [1.807, 2.05) is 30.3 Å². The Bertz CT molecular complexity index is 399. The molecule has 2 rings (SSSR count). The van der Waals surface area contributed by atoms with Gasteiger partial charge in [0.05, 0.1) is 0 Å². The number of nitrogens with one attached hydrogen (secondary N) is 1. The molecule has 1 aromatic heterocycles. The molecule has 1 amide bonds. The maximum absolute atomic E-state index is 12.3. The molecule has 18 heavy (non-hydrogen) atoms. The summed E-state index contributed by atoms with van der Waals surface area (Å²) in [4.78, 5) is 14.3. The molecule has 4 heteroatoms. The molecule has 100 valence electrons. The standard InChI is InChI=1S/C14H23N3O/c1-11-7-8-12(2)17(11)15-13(3)14(18)16-9-5-4-6-10-16/h7-8,13,15H,4-6,9-10H2,1-3H3. The maximum atomic E-state index is 12.3. The van der Waals surface area contributed by atoms with Gasteiger partial charge in [-0.15, -0.1) is 0 Å². The second kappa shape index (κ2) is 5.46. The zero-order valence-electron chi connectivity index (χ0n) is 11.6. The molecule has 1 aliphatic rings. The fourth-order valence-corrected chi connectivity index (χ4v) is 2.51. The SMILES string of the molecule is Cc1ccc(C)n1NC(C)C(=O)N1CCCCC1. The first-order valence-corrected chi connectivity index (χ1v) is 6.80. The Hall–Kier alpha value is -1.45. The van der Waals surface area contributed by atoms with E-state index in [9.17, 15) is 4.79 Å². The highest BCUT2D eigenvalue weighted by Gasteiger charge is 2.22. The van der Waals surface area contributed by atoms with E-state index in [4.69, 9.17) is 0 Å². The molecule has 0 aromatic carbocycles. The van der Waals surface area contributed by atoms with Gasteiger partial charge < -0.3 is 10.3 Å². The Morgan fingerprint density at radius 2 is 1.72 bits per heavy atom. The predicted octanol–water partition coefficient (Wildman–Crippen LogP) is 2.05. The van der Waals surface area contributed by atoms with Crippen molar-refractivity contribution in [3.8, 4) is 0 Å². The number of hydrogen-bond acceptors (Lipinski definition) is 2. The van der Waals surface area contributed by atoms with Crippen LogP contribution in [0.4, 0.5) is 0 Å². The highest BCUT2D eigenvalue weighted by Crippen LogP contribution is 2.11. The van der Waals surface area contributed by atoms with Gasteiger partial charge in [-0.05, 0) is 52.2 Å². The highest BCUT2D eigenvalue weighted by molar-refractivity contribution is 5.82. The Morgan fingerprint density at radius 3 is 2.28 bits per heavy atom. The van der Waals surface area contributed by atoms with Crippen LogP contribution in [0.3, 0.4) is 0 Å². The van der Waals surface area contributed by atoms with Crippen molar-refractivity contribution in [2.24, 2.45) is 0 Å². The molecular formula is C14H23N3O. The first-order chi connectivity index (χ1) is 8.59. The molecule has 1 aromatic rings. The predicted molar refractivity (Wildman–Crippen MR) is 73.2 cm³/mol. The molecule has 0 aliphatic carbocycles. The van der Waals surface area contributed by atoms with Gasteiger partial charge in [0.15, 0.2) is 0 Å². The molecule has 2 heterocycles. The van der Waals surface area contributed by atoms with Crippen LogP contribution in [0, 0.1) is 13.8 Å². The van der Waals surface area contributed by atoms with E-state index in [0.717, 1.165) is 37.3 Å². The van der Waals surface area contributed by atoms with Gasteiger partial charge in [0.2, 0.25) is 5.91 Å². The third-order valence-corrected chi connectivity index (χ3v) is 3.63. The number of aryl methyl sites for hydroxylation is 2. The van der Waals surface area contributed by atoms with Gasteiger partial charge in [0, 0.05) is 24.5 Å². The molecule has 1 N–H and O–H groups in total. The average Bonchev–Trinajstić information content (AvgIpc) is 2.70. The molecule has 0 saturated carbocycles. The van der Waals surface area contributed by atoms with Crippen molar-refractivity contribution in [2.75, 3.05) is 18.5 Å². The van der Waals surface area contributed by atoms with Crippen LogP contribution in [-0.2, 0) is 4.79 Å². The Kier molecular flexibility index (Phi) is 3.94. The van der Waals surface area contributed by atoms with Crippen LogP contribution >= 0.6 is 0 Å². The quantitative estimate of drug-likeness (QED) is 0.890. The molecule has 4 nitrogen and oxygen atoms in total. The Balaban J connectivity index is 1.98. The van der Waals surface area contributed by atoms with E-state index in [0.29, 0.717) is 0 Å². The number of carbonyl (C=O) groups excluding carboxylic acids is 1. The molecule has 1 saturated heterocycles. The largest absolute Gasteiger partial charge is 0.341 e. The molecule has 0 bridgehead atoms. The monoisotopic (exact) mass is 249 g/mol. The number of aromatic nitrogens is 1. The summed E-state index contributed by atoms with van der Waals surface area (Å²) in [6.07, 6.45) is 3.53. The lowest BCUT2D eigenvalue weighted by atomic mass is 10.1. The molecule has 0 spiro atoms. The fraction of sp³-hybridized carbons (Fsp3) is 0.643. The summed E-state index contributed by atoms with van der Waals surface area (Å²) in [7, 11) is 0. The van der Waals surface area contributed by atoms with Crippen molar-refractivity contribution in [1.82, 2.24) is 9.58 Å². The van der Waals surface area contributed by atoms with E-state index < -0.39 is 0 Å². The van der Waals surface area contributed by atoms with Crippen LogP contribution in [0.2, 0.25) is 0 Å². The number of amides is 1. The summed E-state index contributed by atoms with van der Waals surface area (Å²) in [5.74, 6) is 0.210. The molecular weight excluding hydrogens is 226 g/mol. The van der Waals surface area contributed by atoms with Crippen molar-refractivity contribution in [3.63, 3.8) is 0 Å². The lowest BCUT2D eigenvalue weighted by molar-refractivity contribution is -0.132. The lowest BCUT2D eigenvalue weighted by Gasteiger charge is -2.30. The van der Waals surface area contributed by atoms with Crippen LogP contribution in [-0.4, -0.2) is 34.6 Å². The second-order valence-electron chi connectivity index (χ2n) is 5.19. The molecule has 1 aliphatic heterocycles. The van der Waals surface area contributed by atoms with Crippen molar-refractivity contribution < 1.29 is 4.79 Å². The third kappa shape index (κ3) is 2.68. The lowest BCUT2D eigenvalue weighted by Crippen LogP contribution is -2.46. The first kappa shape index (κ1) is 13.0. The first-order valence-electron chi connectivity index (χ1n) is 6.80. The van der Waals surface area contributed by atoms with E-state index in [1.54, 1.807) is 0 Å². The van der Waals surface area contributed by atoms with E-state index >= 15 is 0 Å². The topological polar surface area (TPSA) is 37.3 Å². The van der Waals surface area contributed by atoms with Gasteiger partial charge >= 0.3 is 0 Å². The van der Waals surface area contributed by atoms with Crippen molar-refractivity contribution in [2.45, 2.75) is 46.1 Å². The van der Waals surface area contributed by atoms with Crippen molar-refractivity contribution in [3.05, 3.63) is 23.5 Å². The average molecular weight is 249 g/mol. The van der Waals surface area contributed by atoms with Gasteiger partial charge in [-0.25, -0.2) is 0 Å².